The van der Waals surface area contributed by atoms with E-state index >= 15 is 0 Å². The summed E-state index contributed by atoms with van der Waals surface area (Å²) < 4.78 is 0. The molecule has 4 heteroatoms. The molecule has 0 spiro atoms. The Kier molecular flexibility index (Phi) is 1.74. The fraction of sp³-hybridized carbons (Fsp3) is 0. The smallest absolute Gasteiger partial charge is 0.115 e. The fourth-order valence-corrected chi connectivity index (χ4v) is 0.888. The van der Waals surface area contributed by atoms with Crippen LogP contribution in [-0.2, 0) is 0 Å². The van der Waals surface area contributed by atoms with Crippen LogP contribution >= 0.6 is 0 Å². The van der Waals surface area contributed by atoms with Crippen molar-refractivity contribution in [2.75, 3.05) is 0 Å². The molecule has 2 aromatic rings. The van der Waals surface area contributed by atoms with Gasteiger partial charge in [0.2, 0.25) is 0 Å². The van der Waals surface area contributed by atoms with Crippen molar-refractivity contribution in [2.24, 2.45) is 0 Å². The quantitative estimate of drug-likeness (QED) is 0.612. The van der Waals surface area contributed by atoms with Crippen LogP contribution in [0.25, 0.3) is 11.3 Å². The second-order valence-corrected chi connectivity index (χ2v) is 2.20. The van der Waals surface area contributed by atoms with Crippen LogP contribution in [0.4, 0.5) is 0 Å². The Morgan fingerprint density at radius 2 is 1.92 bits per heavy atom. The van der Waals surface area contributed by atoms with Crippen LogP contribution in [0.1, 0.15) is 0 Å². The first-order valence-electron chi connectivity index (χ1n) is 3.44. The zero-order valence-electron chi connectivity index (χ0n) is 6.18. The number of rotatable bonds is 1. The van der Waals surface area contributed by atoms with Crippen molar-refractivity contribution >= 4 is 0 Å². The van der Waals surface area contributed by atoms with Gasteiger partial charge in [-0.15, -0.1) is 10.2 Å². The molecule has 0 fully saturated rings. The first-order chi connectivity index (χ1) is 5.97. The van der Waals surface area contributed by atoms with Gasteiger partial charge in [0.25, 0.3) is 0 Å². The standard InChI is InChI=1S/C8H5N4/c1-2-4-7(5-3-1)8-6-9-11-12-10-8/h2-6H. The second kappa shape index (κ2) is 3.04. The van der Waals surface area contributed by atoms with Gasteiger partial charge in [-0.25, -0.2) is 0 Å². The highest BCUT2D eigenvalue weighted by molar-refractivity contribution is 5.56. The van der Waals surface area contributed by atoms with Gasteiger partial charge in [-0.3, -0.25) is 0 Å². The molecule has 1 aromatic heterocycles. The van der Waals surface area contributed by atoms with Gasteiger partial charge >= 0.3 is 0 Å². The SMILES string of the molecule is [c]1ccc(-c2cnnnn2)cc1. The van der Waals surface area contributed by atoms with Crippen LogP contribution in [0.3, 0.4) is 0 Å². The Morgan fingerprint density at radius 1 is 1.08 bits per heavy atom. The minimum atomic E-state index is 0.721. The van der Waals surface area contributed by atoms with E-state index in [0.717, 1.165) is 11.3 Å². The van der Waals surface area contributed by atoms with E-state index in [9.17, 15) is 0 Å². The lowest BCUT2D eigenvalue weighted by Crippen LogP contribution is -1.92. The fourth-order valence-electron chi connectivity index (χ4n) is 0.888. The molecular formula is C8H5N4. The molecule has 0 aliphatic carbocycles. The van der Waals surface area contributed by atoms with E-state index in [2.05, 4.69) is 26.7 Å². The Hall–Kier alpha value is -1.84. The summed E-state index contributed by atoms with van der Waals surface area (Å²) in [5, 5.41) is 14.2. The molecule has 0 saturated carbocycles. The zero-order valence-corrected chi connectivity index (χ0v) is 6.18. The molecule has 0 amide bonds. The largest absolute Gasteiger partial charge is 0.135 e. The third-order valence-corrected chi connectivity index (χ3v) is 1.44. The number of hydrogen-bond acceptors (Lipinski definition) is 4. The molecule has 0 saturated heterocycles. The minimum absolute atomic E-state index is 0.721. The molecule has 0 unspecified atom stereocenters. The van der Waals surface area contributed by atoms with Crippen molar-refractivity contribution in [3.8, 4) is 11.3 Å². The van der Waals surface area contributed by atoms with Gasteiger partial charge in [-0.2, -0.15) is 0 Å². The first-order valence-corrected chi connectivity index (χ1v) is 3.44. The first kappa shape index (κ1) is 6.84. The summed E-state index contributed by atoms with van der Waals surface area (Å²) in [7, 11) is 0. The number of hydrogen-bond donors (Lipinski definition) is 0. The van der Waals surface area contributed by atoms with Gasteiger partial charge < -0.3 is 0 Å². The maximum absolute atomic E-state index is 3.81. The van der Waals surface area contributed by atoms with Crippen LogP contribution in [0.15, 0.2) is 30.5 Å². The molecule has 1 aromatic carbocycles. The maximum atomic E-state index is 3.81. The Labute approximate surface area is 69.3 Å². The predicted octanol–water partition coefficient (Wildman–Crippen LogP) is 0.734. The molecular weight excluding hydrogens is 152 g/mol. The molecule has 0 atom stereocenters. The van der Waals surface area contributed by atoms with Crippen LogP contribution in [0.2, 0.25) is 0 Å². The predicted molar refractivity (Wildman–Crippen MR) is 41.9 cm³/mol. The van der Waals surface area contributed by atoms with E-state index in [0.29, 0.717) is 0 Å². The summed E-state index contributed by atoms with van der Waals surface area (Å²) in [6, 6.07) is 10.3. The molecule has 0 aliphatic rings. The van der Waals surface area contributed by atoms with E-state index in [1.54, 1.807) is 6.20 Å². The van der Waals surface area contributed by atoms with Gasteiger partial charge in [0.05, 0.1) is 6.20 Å². The summed E-state index contributed by atoms with van der Waals surface area (Å²) in [4.78, 5) is 0. The number of benzene rings is 1. The summed E-state index contributed by atoms with van der Waals surface area (Å²) in [5.41, 5.74) is 1.69. The second-order valence-electron chi connectivity index (χ2n) is 2.20. The highest BCUT2D eigenvalue weighted by atomic mass is 15.4. The van der Waals surface area contributed by atoms with E-state index in [1.165, 1.54) is 0 Å². The van der Waals surface area contributed by atoms with Crippen molar-refractivity contribution in [1.82, 2.24) is 20.6 Å². The molecule has 1 radical (unpaired) electrons. The van der Waals surface area contributed by atoms with Crippen LogP contribution in [0.5, 0.6) is 0 Å². The summed E-state index contributed by atoms with van der Waals surface area (Å²) in [6.45, 7) is 0. The van der Waals surface area contributed by atoms with E-state index in [4.69, 9.17) is 0 Å². The average Bonchev–Trinajstić information content (AvgIpc) is 2.21. The van der Waals surface area contributed by atoms with Crippen molar-refractivity contribution < 1.29 is 0 Å². The van der Waals surface area contributed by atoms with Gasteiger partial charge in [-0.05, 0) is 16.5 Å². The van der Waals surface area contributed by atoms with Crippen molar-refractivity contribution in [3.63, 3.8) is 0 Å². The Morgan fingerprint density at radius 3 is 2.58 bits per heavy atom. The van der Waals surface area contributed by atoms with Crippen molar-refractivity contribution in [3.05, 3.63) is 36.5 Å². The molecule has 1 heterocycles. The topological polar surface area (TPSA) is 51.6 Å². The Bertz CT molecular complexity index is 308. The highest BCUT2D eigenvalue weighted by Gasteiger charge is 1.96. The van der Waals surface area contributed by atoms with Gasteiger partial charge in [-0.1, -0.05) is 24.3 Å². The van der Waals surface area contributed by atoms with Crippen LogP contribution in [0, 0.1) is 6.07 Å². The molecule has 12 heavy (non-hydrogen) atoms. The van der Waals surface area contributed by atoms with Gasteiger partial charge in [0.1, 0.15) is 5.69 Å². The van der Waals surface area contributed by atoms with Crippen LogP contribution < -0.4 is 0 Å². The van der Waals surface area contributed by atoms with E-state index in [1.807, 2.05) is 24.3 Å². The third-order valence-electron chi connectivity index (χ3n) is 1.44. The Balaban J connectivity index is 2.46. The molecule has 57 valence electrons. The van der Waals surface area contributed by atoms with E-state index in [-0.39, 0.29) is 0 Å². The monoisotopic (exact) mass is 157 g/mol. The van der Waals surface area contributed by atoms with Crippen molar-refractivity contribution in [2.45, 2.75) is 0 Å². The lowest BCUT2D eigenvalue weighted by atomic mass is 10.2. The average molecular weight is 157 g/mol. The lowest BCUT2D eigenvalue weighted by Gasteiger charge is -1.94. The van der Waals surface area contributed by atoms with Crippen molar-refractivity contribution in [1.29, 1.82) is 0 Å². The molecule has 4 nitrogen and oxygen atoms in total. The molecule has 0 N–H and O–H groups in total. The number of nitrogens with zero attached hydrogens (tertiary/aromatic N) is 4. The molecule has 0 aliphatic heterocycles. The minimum Gasteiger partial charge on any atom is -0.135 e. The molecule has 2 rings (SSSR count). The lowest BCUT2D eigenvalue weighted by molar-refractivity contribution is 0.766. The van der Waals surface area contributed by atoms with Gasteiger partial charge in [0.15, 0.2) is 0 Å². The summed E-state index contributed by atoms with van der Waals surface area (Å²) in [5.74, 6) is 0. The number of aromatic nitrogens is 4. The summed E-state index contributed by atoms with van der Waals surface area (Å²) >= 11 is 0. The summed E-state index contributed by atoms with van der Waals surface area (Å²) in [6.07, 6.45) is 1.57. The molecule has 0 bridgehead atoms. The highest BCUT2D eigenvalue weighted by Crippen LogP contribution is 2.11. The normalized spacial score (nSPS) is 9.67. The van der Waals surface area contributed by atoms with Crippen LogP contribution in [-0.4, -0.2) is 20.6 Å². The van der Waals surface area contributed by atoms with E-state index < -0.39 is 0 Å². The third kappa shape index (κ3) is 1.27. The zero-order chi connectivity index (χ0) is 8.23. The maximum Gasteiger partial charge on any atom is 0.115 e. The van der Waals surface area contributed by atoms with Gasteiger partial charge in [0, 0.05) is 5.56 Å².